The van der Waals surface area contributed by atoms with Crippen molar-refractivity contribution in [1.29, 1.82) is 0 Å². The number of para-hydroxylation sites is 3. The molecule has 0 aliphatic carbocycles. The number of hydrogen-bond acceptors (Lipinski definition) is 9. The number of aliphatic hydroxyl groups excluding tert-OH is 1. The lowest BCUT2D eigenvalue weighted by Crippen LogP contribution is -2.39. The Morgan fingerprint density at radius 2 is 1.79 bits per heavy atom. The molecule has 3 unspecified atom stereocenters. The van der Waals surface area contributed by atoms with Gasteiger partial charge >= 0.3 is 0 Å². The summed E-state index contributed by atoms with van der Waals surface area (Å²) in [4.78, 5) is 26.8. The number of benzene rings is 2. The van der Waals surface area contributed by atoms with Crippen molar-refractivity contribution in [2.45, 2.75) is 25.6 Å². The van der Waals surface area contributed by atoms with E-state index in [0.29, 0.717) is 60.8 Å². The molecule has 10 nitrogen and oxygen atoms in total. The molecule has 3 atom stereocenters. The number of amides is 1. The smallest absolute Gasteiger partial charge is 0.290 e. The van der Waals surface area contributed by atoms with Gasteiger partial charge in [-0.05, 0) is 43.7 Å². The van der Waals surface area contributed by atoms with Crippen molar-refractivity contribution in [3.05, 3.63) is 82.4 Å². The van der Waals surface area contributed by atoms with Crippen molar-refractivity contribution >= 4 is 28.3 Å². The normalized spacial score (nSPS) is 18.9. The Labute approximate surface area is 226 Å². The van der Waals surface area contributed by atoms with Crippen LogP contribution in [-0.4, -0.2) is 56.9 Å². The second-order valence-corrected chi connectivity index (χ2v) is 8.96. The van der Waals surface area contributed by atoms with Crippen LogP contribution in [0.15, 0.2) is 75.8 Å². The topological polar surface area (TPSA) is 142 Å². The van der Waals surface area contributed by atoms with E-state index in [1.807, 2.05) is 6.92 Å². The van der Waals surface area contributed by atoms with E-state index in [1.165, 1.54) is 6.26 Å². The lowest BCUT2D eigenvalue weighted by molar-refractivity contribution is -0.166. The van der Waals surface area contributed by atoms with Crippen LogP contribution < -0.4 is 16.5 Å². The summed E-state index contributed by atoms with van der Waals surface area (Å²) in [5.41, 5.74) is 7.54. The molecule has 0 saturated carbocycles. The number of nitrogens with two attached hydrogens (primary N) is 1. The van der Waals surface area contributed by atoms with Crippen LogP contribution in [0.4, 0.5) is 11.4 Å². The summed E-state index contributed by atoms with van der Waals surface area (Å²) >= 11 is 0. The summed E-state index contributed by atoms with van der Waals surface area (Å²) in [5, 5.41) is 12.1. The number of allylic oxidation sites excluding steroid dienone is 1. The van der Waals surface area contributed by atoms with Gasteiger partial charge in [-0.25, -0.2) is 0 Å². The standard InChI is InChI=1S/C29H34N2O8/c1-2-37-29-19(11-13-35-15-16-36-14-12-32)21(22-18-38-25-10-6-3-7-20(25)27(22)33)17-26(39-29)28(34)31-24-9-5-4-8-23(24)30/h3-10,17-19,21,29,32H,2,11-16,30H2,1H3,(H,31,34). The third-order valence-electron chi connectivity index (χ3n) is 6.42. The average Bonchev–Trinajstić information content (AvgIpc) is 2.95. The van der Waals surface area contributed by atoms with Gasteiger partial charge in [0.1, 0.15) is 5.58 Å². The van der Waals surface area contributed by atoms with Crippen molar-refractivity contribution in [3.8, 4) is 0 Å². The van der Waals surface area contributed by atoms with E-state index in [-0.39, 0.29) is 30.3 Å². The van der Waals surface area contributed by atoms with Crippen LogP contribution in [0.25, 0.3) is 11.0 Å². The number of aliphatic hydroxyl groups is 1. The van der Waals surface area contributed by atoms with E-state index in [4.69, 9.17) is 34.2 Å². The van der Waals surface area contributed by atoms with Crippen molar-refractivity contribution in [2.24, 2.45) is 5.92 Å². The number of nitrogen functional groups attached to an aromatic ring is 1. The lowest BCUT2D eigenvalue weighted by atomic mass is 9.81. The van der Waals surface area contributed by atoms with Gasteiger partial charge in [0.2, 0.25) is 6.29 Å². The number of fused-ring (bicyclic) bond motifs is 1. The van der Waals surface area contributed by atoms with Crippen molar-refractivity contribution in [3.63, 3.8) is 0 Å². The predicted octanol–water partition coefficient (Wildman–Crippen LogP) is 3.41. The minimum atomic E-state index is -0.820. The first-order valence-electron chi connectivity index (χ1n) is 13.0. The van der Waals surface area contributed by atoms with Gasteiger partial charge in [-0.1, -0.05) is 24.3 Å². The molecule has 1 amide bonds. The molecule has 208 valence electrons. The van der Waals surface area contributed by atoms with Crippen LogP contribution in [0, 0.1) is 5.92 Å². The van der Waals surface area contributed by atoms with E-state index >= 15 is 0 Å². The molecule has 2 heterocycles. The van der Waals surface area contributed by atoms with Crippen molar-refractivity contribution in [1.82, 2.24) is 0 Å². The quantitative estimate of drug-likeness (QED) is 0.220. The highest BCUT2D eigenvalue weighted by molar-refractivity contribution is 6.04. The molecule has 0 fully saturated rings. The molecule has 3 aromatic rings. The first kappa shape index (κ1) is 28.3. The van der Waals surface area contributed by atoms with Crippen LogP contribution in [0.1, 0.15) is 24.8 Å². The Morgan fingerprint density at radius 1 is 1.05 bits per heavy atom. The van der Waals surface area contributed by atoms with Gasteiger partial charge in [-0.2, -0.15) is 0 Å². The monoisotopic (exact) mass is 538 g/mol. The zero-order valence-corrected chi connectivity index (χ0v) is 21.8. The predicted molar refractivity (Wildman–Crippen MR) is 146 cm³/mol. The maximum Gasteiger partial charge on any atom is 0.290 e. The minimum absolute atomic E-state index is 0.0174. The second-order valence-electron chi connectivity index (χ2n) is 8.96. The maximum atomic E-state index is 13.6. The lowest BCUT2D eigenvalue weighted by Gasteiger charge is -2.36. The summed E-state index contributed by atoms with van der Waals surface area (Å²) in [6, 6.07) is 13.9. The first-order chi connectivity index (χ1) is 19.0. The fourth-order valence-corrected chi connectivity index (χ4v) is 4.52. The highest BCUT2D eigenvalue weighted by Gasteiger charge is 2.39. The Bertz CT molecular complexity index is 1340. The van der Waals surface area contributed by atoms with Gasteiger partial charge < -0.3 is 39.5 Å². The molecule has 4 rings (SSSR count). The molecule has 0 bridgehead atoms. The van der Waals surface area contributed by atoms with Gasteiger partial charge in [0, 0.05) is 30.6 Å². The van der Waals surface area contributed by atoms with E-state index in [2.05, 4.69) is 5.32 Å². The van der Waals surface area contributed by atoms with Gasteiger partial charge in [0.05, 0.1) is 49.5 Å². The van der Waals surface area contributed by atoms with Gasteiger partial charge in [-0.15, -0.1) is 0 Å². The summed E-state index contributed by atoms with van der Waals surface area (Å²) in [6.07, 6.45) is 2.74. The Balaban J connectivity index is 1.65. The third-order valence-corrected chi connectivity index (χ3v) is 6.42. The van der Waals surface area contributed by atoms with Crippen LogP contribution in [0.3, 0.4) is 0 Å². The molecule has 0 saturated heterocycles. The number of nitrogens with one attached hydrogen (secondary N) is 1. The number of anilines is 2. The van der Waals surface area contributed by atoms with Gasteiger partial charge in [-0.3, -0.25) is 9.59 Å². The summed E-state index contributed by atoms with van der Waals surface area (Å²) < 4.78 is 28.8. The summed E-state index contributed by atoms with van der Waals surface area (Å²) in [6.45, 7) is 3.39. The van der Waals surface area contributed by atoms with Crippen LogP contribution >= 0.6 is 0 Å². The fraction of sp³-hybridized carbons (Fsp3) is 0.379. The first-order valence-corrected chi connectivity index (χ1v) is 13.0. The molecule has 1 aromatic heterocycles. The fourth-order valence-electron chi connectivity index (χ4n) is 4.52. The average molecular weight is 539 g/mol. The van der Waals surface area contributed by atoms with Crippen molar-refractivity contribution in [2.75, 3.05) is 50.7 Å². The molecule has 2 aromatic carbocycles. The molecule has 0 spiro atoms. The third kappa shape index (κ3) is 7.04. The zero-order valence-electron chi connectivity index (χ0n) is 21.8. The van der Waals surface area contributed by atoms with Crippen LogP contribution in [0.2, 0.25) is 0 Å². The van der Waals surface area contributed by atoms with E-state index < -0.39 is 18.1 Å². The van der Waals surface area contributed by atoms with Gasteiger partial charge in [0.15, 0.2) is 11.2 Å². The zero-order chi connectivity index (χ0) is 27.6. The van der Waals surface area contributed by atoms with E-state index in [1.54, 1.807) is 54.6 Å². The Hall–Kier alpha value is -3.70. The number of ether oxygens (including phenoxy) is 4. The number of hydrogen-bond donors (Lipinski definition) is 3. The molecule has 39 heavy (non-hydrogen) atoms. The molecule has 1 aliphatic heterocycles. The Morgan fingerprint density at radius 3 is 2.56 bits per heavy atom. The second kappa shape index (κ2) is 13.9. The SMILES string of the molecule is CCOC1OC(C(=O)Nc2ccccc2N)=CC(c2coc3ccccc3c2=O)C1CCOCCOCCO. The van der Waals surface area contributed by atoms with Crippen LogP contribution in [-0.2, 0) is 23.7 Å². The minimum Gasteiger partial charge on any atom is -0.464 e. The molecule has 0 radical (unpaired) electrons. The number of carbonyl (C=O) groups is 1. The largest absolute Gasteiger partial charge is 0.464 e. The molecule has 1 aliphatic rings. The highest BCUT2D eigenvalue weighted by Crippen LogP contribution is 2.38. The summed E-state index contributed by atoms with van der Waals surface area (Å²) in [5.74, 6) is -1.41. The van der Waals surface area contributed by atoms with E-state index in [9.17, 15) is 9.59 Å². The van der Waals surface area contributed by atoms with Gasteiger partial charge in [0.25, 0.3) is 5.91 Å². The molecular weight excluding hydrogens is 504 g/mol. The molecule has 10 heteroatoms. The Kier molecular flexibility index (Phi) is 10.1. The molecular formula is C29H34N2O8. The number of carbonyl (C=O) groups excluding carboxylic acids is 1. The van der Waals surface area contributed by atoms with Crippen molar-refractivity contribution < 1.29 is 33.3 Å². The molecule has 4 N–H and O–H groups in total. The number of rotatable bonds is 13. The maximum absolute atomic E-state index is 13.6. The van der Waals surface area contributed by atoms with E-state index in [0.717, 1.165) is 0 Å². The highest BCUT2D eigenvalue weighted by atomic mass is 16.7. The summed E-state index contributed by atoms with van der Waals surface area (Å²) in [7, 11) is 0. The van der Waals surface area contributed by atoms with Crippen LogP contribution in [0.5, 0.6) is 0 Å².